The minimum absolute atomic E-state index is 0.144. The van der Waals surface area contributed by atoms with E-state index in [4.69, 9.17) is 34.8 Å². The number of carbonyl (C=O) groups excluding carboxylic acids is 1. The number of hydrogen-bond donors (Lipinski definition) is 1. The molecule has 0 atom stereocenters. The number of benzene rings is 2. The standard InChI is InChI=1S/C21H23Cl3N4O/c1-15(18-7-6-17(22)12-20(18)24)25-26-21(29)14-28-10-8-27(9-11-28)13-16-4-2-3-5-19(16)23/h2-7,12H,8-11,13-14H2,1H3,(H,26,29)/b25-15-. The summed E-state index contributed by atoms with van der Waals surface area (Å²) >= 11 is 18.3. The van der Waals surface area contributed by atoms with E-state index in [-0.39, 0.29) is 5.91 Å². The Labute approximate surface area is 186 Å². The van der Waals surface area contributed by atoms with Crippen LogP contribution in [0.4, 0.5) is 0 Å². The lowest BCUT2D eigenvalue weighted by Crippen LogP contribution is -2.48. The molecule has 0 unspecified atom stereocenters. The summed E-state index contributed by atoms with van der Waals surface area (Å²) in [7, 11) is 0. The van der Waals surface area contributed by atoms with Crippen molar-refractivity contribution in [3.8, 4) is 0 Å². The molecule has 154 valence electrons. The molecule has 2 aromatic carbocycles. The number of nitrogens with zero attached hydrogens (tertiary/aromatic N) is 3. The molecule has 0 bridgehead atoms. The predicted molar refractivity (Wildman–Crippen MR) is 120 cm³/mol. The smallest absolute Gasteiger partial charge is 0.254 e. The summed E-state index contributed by atoms with van der Waals surface area (Å²) in [5.41, 5.74) is 5.11. The normalized spacial score (nSPS) is 16.1. The molecule has 1 N–H and O–H groups in total. The lowest BCUT2D eigenvalue weighted by Gasteiger charge is -2.34. The predicted octanol–water partition coefficient (Wildman–Crippen LogP) is 4.30. The van der Waals surface area contributed by atoms with E-state index in [2.05, 4.69) is 26.4 Å². The Hall–Kier alpha value is -1.63. The van der Waals surface area contributed by atoms with Gasteiger partial charge < -0.3 is 0 Å². The molecule has 1 saturated heterocycles. The van der Waals surface area contributed by atoms with E-state index in [0.717, 1.165) is 48.9 Å². The molecule has 0 aliphatic carbocycles. The molecule has 0 aromatic heterocycles. The molecule has 1 heterocycles. The van der Waals surface area contributed by atoms with Crippen LogP contribution in [-0.2, 0) is 11.3 Å². The average molecular weight is 454 g/mol. The van der Waals surface area contributed by atoms with Crippen LogP contribution in [0.5, 0.6) is 0 Å². The van der Waals surface area contributed by atoms with Crippen molar-refractivity contribution in [2.75, 3.05) is 32.7 Å². The summed E-state index contributed by atoms with van der Waals surface area (Å²) in [5, 5.41) is 6.03. The second kappa shape index (κ2) is 10.4. The molecular formula is C21H23Cl3N4O. The maximum Gasteiger partial charge on any atom is 0.254 e. The van der Waals surface area contributed by atoms with Gasteiger partial charge in [-0.1, -0.05) is 59.1 Å². The van der Waals surface area contributed by atoms with Gasteiger partial charge in [0, 0.05) is 48.3 Å². The third-order valence-electron chi connectivity index (χ3n) is 4.85. The van der Waals surface area contributed by atoms with Crippen molar-refractivity contribution in [3.05, 3.63) is 68.7 Å². The number of halogens is 3. The zero-order valence-corrected chi connectivity index (χ0v) is 18.4. The fourth-order valence-corrected chi connectivity index (χ4v) is 3.94. The van der Waals surface area contributed by atoms with Crippen molar-refractivity contribution in [3.63, 3.8) is 0 Å². The summed E-state index contributed by atoms with van der Waals surface area (Å²) in [6, 6.07) is 13.1. The second-order valence-electron chi connectivity index (χ2n) is 7.00. The van der Waals surface area contributed by atoms with Crippen molar-refractivity contribution in [1.29, 1.82) is 0 Å². The summed E-state index contributed by atoms with van der Waals surface area (Å²) in [6.07, 6.45) is 0. The first kappa shape index (κ1) is 22.1. The molecule has 1 aliphatic heterocycles. The van der Waals surface area contributed by atoms with Crippen molar-refractivity contribution in [2.45, 2.75) is 13.5 Å². The summed E-state index contributed by atoms with van der Waals surface area (Å²) in [5.74, 6) is -0.144. The van der Waals surface area contributed by atoms with E-state index in [0.29, 0.717) is 22.3 Å². The van der Waals surface area contributed by atoms with Gasteiger partial charge in [0.05, 0.1) is 17.3 Å². The number of carbonyl (C=O) groups is 1. The lowest BCUT2D eigenvalue weighted by atomic mass is 10.1. The maximum atomic E-state index is 12.3. The van der Waals surface area contributed by atoms with E-state index in [1.807, 2.05) is 18.2 Å². The van der Waals surface area contributed by atoms with E-state index in [1.54, 1.807) is 25.1 Å². The van der Waals surface area contributed by atoms with Crippen LogP contribution in [0.25, 0.3) is 0 Å². The van der Waals surface area contributed by atoms with Gasteiger partial charge in [0.1, 0.15) is 0 Å². The second-order valence-corrected chi connectivity index (χ2v) is 8.25. The zero-order valence-electron chi connectivity index (χ0n) is 16.2. The molecule has 0 spiro atoms. The Kier molecular flexibility index (Phi) is 7.92. The molecule has 2 aromatic rings. The third-order valence-corrected chi connectivity index (χ3v) is 5.77. The van der Waals surface area contributed by atoms with Crippen molar-refractivity contribution in [2.24, 2.45) is 5.10 Å². The van der Waals surface area contributed by atoms with Crippen molar-refractivity contribution in [1.82, 2.24) is 15.2 Å². The van der Waals surface area contributed by atoms with Crippen LogP contribution in [0.2, 0.25) is 15.1 Å². The highest BCUT2D eigenvalue weighted by atomic mass is 35.5. The monoisotopic (exact) mass is 452 g/mol. The van der Waals surface area contributed by atoms with Gasteiger partial charge in [-0.2, -0.15) is 5.10 Å². The highest BCUT2D eigenvalue weighted by Gasteiger charge is 2.19. The zero-order chi connectivity index (χ0) is 20.8. The topological polar surface area (TPSA) is 47.9 Å². The van der Waals surface area contributed by atoms with Gasteiger partial charge in [-0.15, -0.1) is 0 Å². The number of piperazine rings is 1. The molecular weight excluding hydrogens is 431 g/mol. The molecule has 1 aliphatic rings. The first-order chi connectivity index (χ1) is 13.9. The van der Waals surface area contributed by atoms with Gasteiger partial charge >= 0.3 is 0 Å². The largest absolute Gasteiger partial charge is 0.296 e. The Balaban J connectivity index is 1.45. The minimum Gasteiger partial charge on any atom is -0.296 e. The van der Waals surface area contributed by atoms with Crippen LogP contribution in [-0.4, -0.2) is 54.1 Å². The number of hydrazone groups is 1. The maximum absolute atomic E-state index is 12.3. The molecule has 0 saturated carbocycles. The molecule has 0 radical (unpaired) electrons. The SMILES string of the molecule is C/C(=N/NC(=O)CN1CCN(Cc2ccccc2Cl)CC1)c1ccc(Cl)cc1Cl. The highest BCUT2D eigenvalue weighted by molar-refractivity contribution is 6.37. The molecule has 5 nitrogen and oxygen atoms in total. The van der Waals surface area contributed by atoms with Gasteiger partial charge in [-0.05, 0) is 30.7 Å². The van der Waals surface area contributed by atoms with Crippen LogP contribution in [0, 0.1) is 0 Å². The van der Waals surface area contributed by atoms with Crippen LogP contribution >= 0.6 is 34.8 Å². The van der Waals surface area contributed by atoms with Crippen LogP contribution in [0.15, 0.2) is 47.6 Å². The van der Waals surface area contributed by atoms with Gasteiger partial charge in [-0.3, -0.25) is 14.6 Å². The summed E-state index contributed by atoms with van der Waals surface area (Å²) < 4.78 is 0. The van der Waals surface area contributed by atoms with Crippen molar-refractivity contribution < 1.29 is 4.79 Å². The van der Waals surface area contributed by atoms with Gasteiger partial charge in [0.2, 0.25) is 0 Å². The number of hydrogen-bond acceptors (Lipinski definition) is 4. The van der Waals surface area contributed by atoms with Gasteiger partial charge in [-0.25, -0.2) is 5.43 Å². The van der Waals surface area contributed by atoms with Gasteiger partial charge in [0.25, 0.3) is 5.91 Å². The van der Waals surface area contributed by atoms with Crippen LogP contribution in [0.1, 0.15) is 18.1 Å². The van der Waals surface area contributed by atoms with Crippen LogP contribution in [0.3, 0.4) is 0 Å². The fourth-order valence-electron chi connectivity index (χ4n) is 3.20. The Bertz CT molecular complexity index is 895. The van der Waals surface area contributed by atoms with E-state index in [1.165, 1.54) is 0 Å². The summed E-state index contributed by atoms with van der Waals surface area (Å²) in [6.45, 7) is 6.36. The highest BCUT2D eigenvalue weighted by Crippen LogP contribution is 2.21. The number of amides is 1. The first-order valence-corrected chi connectivity index (χ1v) is 10.5. The fraction of sp³-hybridized carbons (Fsp3) is 0.333. The Morgan fingerprint density at radius 3 is 2.38 bits per heavy atom. The minimum atomic E-state index is -0.144. The lowest BCUT2D eigenvalue weighted by molar-refractivity contribution is -0.122. The van der Waals surface area contributed by atoms with Crippen LogP contribution < -0.4 is 5.43 Å². The summed E-state index contributed by atoms with van der Waals surface area (Å²) in [4.78, 5) is 16.7. The average Bonchev–Trinajstić information content (AvgIpc) is 2.69. The van der Waals surface area contributed by atoms with Gasteiger partial charge in [0.15, 0.2) is 0 Å². The Morgan fingerprint density at radius 2 is 1.69 bits per heavy atom. The third kappa shape index (κ3) is 6.43. The molecule has 1 amide bonds. The van der Waals surface area contributed by atoms with Crippen molar-refractivity contribution >= 4 is 46.4 Å². The van der Waals surface area contributed by atoms with E-state index in [9.17, 15) is 4.79 Å². The number of nitrogens with one attached hydrogen (secondary N) is 1. The quantitative estimate of drug-likeness (QED) is 0.524. The number of rotatable bonds is 6. The molecule has 8 heteroatoms. The molecule has 3 rings (SSSR count). The van der Waals surface area contributed by atoms with E-state index >= 15 is 0 Å². The molecule has 1 fully saturated rings. The Morgan fingerprint density at radius 1 is 1.00 bits per heavy atom. The van der Waals surface area contributed by atoms with E-state index < -0.39 is 0 Å². The first-order valence-electron chi connectivity index (χ1n) is 9.39. The molecule has 29 heavy (non-hydrogen) atoms.